The number of nitrogens with zero attached hydrogens (tertiary/aromatic N) is 1. The third-order valence-corrected chi connectivity index (χ3v) is 4.38. The van der Waals surface area contributed by atoms with E-state index in [4.69, 9.17) is 4.55 Å². The lowest BCUT2D eigenvalue weighted by molar-refractivity contribution is 0.324. The molecule has 2 aliphatic rings. The largest absolute Gasteiger partial charge is 0.397 e. The van der Waals surface area contributed by atoms with Crippen molar-refractivity contribution in [2.75, 3.05) is 19.1 Å². The Bertz CT molecular complexity index is 624. The number of likely N-dealkylation sites (N-methyl/N-ethyl adjacent to an activating group) is 1. The highest BCUT2D eigenvalue weighted by Crippen LogP contribution is 2.37. The zero-order chi connectivity index (χ0) is 15.5. The molecule has 6 heteroatoms. The maximum Gasteiger partial charge on any atom is 0.397 e. The second-order valence-electron chi connectivity index (χ2n) is 5.24. The minimum absolute atomic E-state index is 0.675. The minimum atomic E-state index is -4.16. The Morgan fingerprint density at radius 3 is 2.62 bits per heavy atom. The monoisotopic (exact) mass is 311 g/mol. The summed E-state index contributed by atoms with van der Waals surface area (Å²) in [6.07, 6.45) is 7.80. The Labute approximate surface area is 126 Å². The van der Waals surface area contributed by atoms with Crippen LogP contribution in [0.15, 0.2) is 29.8 Å². The molecule has 0 radical (unpaired) electrons. The summed E-state index contributed by atoms with van der Waals surface area (Å²) in [5.74, 6) is 0. The summed E-state index contributed by atoms with van der Waals surface area (Å²) in [6.45, 7) is 0. The Morgan fingerprint density at radius 1 is 1.29 bits per heavy atom. The van der Waals surface area contributed by atoms with Gasteiger partial charge in [-0.25, -0.2) is 0 Å². The third-order valence-electron chi connectivity index (χ3n) is 3.96. The molecule has 0 saturated heterocycles. The standard InChI is InChI=1S/C14H17N.CH4O4S/c1-15-13-8-4-2-6-11(13)10-12-7-3-5-9-14(12)15;1-5-6(2,3)4/h2,4,6,8,10,14H,3,5,7,9H2,1H3;1H3,(H,2,3,4). The molecule has 0 bridgehead atoms. The summed E-state index contributed by atoms with van der Waals surface area (Å²) in [5.41, 5.74) is 4.43. The second kappa shape index (κ2) is 6.60. The smallest absolute Gasteiger partial charge is 0.367 e. The van der Waals surface area contributed by atoms with Gasteiger partial charge in [0.15, 0.2) is 0 Å². The molecule has 1 saturated carbocycles. The molecule has 1 unspecified atom stereocenters. The molecular formula is C15H21NO4S. The molecule has 1 aromatic rings. The van der Waals surface area contributed by atoms with Crippen LogP contribution in [-0.4, -0.2) is 33.2 Å². The molecule has 3 rings (SSSR count). The van der Waals surface area contributed by atoms with Crippen molar-refractivity contribution < 1.29 is 17.2 Å². The average Bonchev–Trinajstić information content (AvgIpc) is 2.48. The molecular weight excluding hydrogens is 290 g/mol. The van der Waals surface area contributed by atoms with Crippen LogP contribution in [0.3, 0.4) is 0 Å². The summed E-state index contributed by atoms with van der Waals surface area (Å²) < 4.78 is 29.7. The van der Waals surface area contributed by atoms with Crippen LogP contribution in [0.25, 0.3) is 6.08 Å². The maximum absolute atomic E-state index is 9.33. The van der Waals surface area contributed by atoms with Gasteiger partial charge < -0.3 is 4.90 Å². The van der Waals surface area contributed by atoms with E-state index in [0.717, 1.165) is 7.11 Å². The van der Waals surface area contributed by atoms with Crippen molar-refractivity contribution >= 4 is 22.2 Å². The highest BCUT2D eigenvalue weighted by atomic mass is 32.3. The van der Waals surface area contributed by atoms with Gasteiger partial charge in [0.25, 0.3) is 0 Å². The first-order valence-corrected chi connectivity index (χ1v) is 8.34. The zero-order valence-corrected chi connectivity index (χ0v) is 13.1. The molecule has 5 nitrogen and oxygen atoms in total. The van der Waals surface area contributed by atoms with E-state index in [1.54, 1.807) is 5.57 Å². The van der Waals surface area contributed by atoms with Crippen LogP contribution in [0.2, 0.25) is 0 Å². The van der Waals surface area contributed by atoms with E-state index in [1.807, 2.05) is 0 Å². The van der Waals surface area contributed by atoms with Crippen LogP contribution < -0.4 is 4.90 Å². The number of benzene rings is 1. The molecule has 1 atom stereocenters. The number of anilines is 1. The van der Waals surface area contributed by atoms with Crippen molar-refractivity contribution in [2.24, 2.45) is 0 Å². The molecule has 0 amide bonds. The first-order valence-electron chi connectivity index (χ1n) is 6.98. The van der Waals surface area contributed by atoms with E-state index >= 15 is 0 Å². The molecule has 116 valence electrons. The number of rotatable bonds is 1. The summed E-state index contributed by atoms with van der Waals surface area (Å²) in [4.78, 5) is 2.46. The maximum atomic E-state index is 9.33. The first kappa shape index (κ1) is 16.0. The first-order chi connectivity index (χ1) is 9.92. The Balaban J connectivity index is 0.000000232. The quantitative estimate of drug-likeness (QED) is 0.808. The Hall–Kier alpha value is -1.37. The summed E-state index contributed by atoms with van der Waals surface area (Å²) in [5, 5.41) is 0. The van der Waals surface area contributed by atoms with E-state index in [9.17, 15) is 8.42 Å². The average molecular weight is 311 g/mol. The fourth-order valence-electron chi connectivity index (χ4n) is 2.93. The predicted octanol–water partition coefficient (Wildman–Crippen LogP) is 2.90. The van der Waals surface area contributed by atoms with E-state index < -0.39 is 10.4 Å². The number of para-hydroxylation sites is 1. The van der Waals surface area contributed by atoms with Crippen molar-refractivity contribution in [2.45, 2.75) is 31.7 Å². The van der Waals surface area contributed by atoms with Gasteiger partial charge in [0.1, 0.15) is 0 Å². The molecule has 0 spiro atoms. The third kappa shape index (κ3) is 4.06. The van der Waals surface area contributed by atoms with Crippen LogP contribution in [0.1, 0.15) is 31.2 Å². The van der Waals surface area contributed by atoms with Crippen LogP contribution in [0, 0.1) is 0 Å². The van der Waals surface area contributed by atoms with Crippen molar-refractivity contribution in [3.05, 3.63) is 35.4 Å². The molecule has 0 aromatic heterocycles. The lowest BCUT2D eigenvalue weighted by atomic mass is 9.84. The summed E-state index contributed by atoms with van der Waals surface area (Å²) in [6, 6.07) is 9.40. The fourth-order valence-corrected chi connectivity index (χ4v) is 2.93. The minimum Gasteiger partial charge on any atom is -0.367 e. The van der Waals surface area contributed by atoms with Crippen LogP contribution in [-0.2, 0) is 14.6 Å². The molecule has 1 aliphatic heterocycles. The van der Waals surface area contributed by atoms with Gasteiger partial charge in [0, 0.05) is 12.7 Å². The predicted molar refractivity (Wildman–Crippen MR) is 83.6 cm³/mol. The van der Waals surface area contributed by atoms with Crippen molar-refractivity contribution in [1.29, 1.82) is 0 Å². The van der Waals surface area contributed by atoms with Crippen molar-refractivity contribution in [3.63, 3.8) is 0 Å². The highest BCUT2D eigenvalue weighted by Gasteiger charge is 2.27. The van der Waals surface area contributed by atoms with Gasteiger partial charge >= 0.3 is 10.4 Å². The summed E-state index contributed by atoms with van der Waals surface area (Å²) in [7, 11) is -1.05. The van der Waals surface area contributed by atoms with Gasteiger partial charge in [0.2, 0.25) is 0 Å². The van der Waals surface area contributed by atoms with Crippen molar-refractivity contribution in [1.82, 2.24) is 0 Å². The van der Waals surface area contributed by atoms with Gasteiger partial charge in [-0.05, 0) is 36.5 Å². The number of hydrogen-bond donors (Lipinski definition) is 1. The molecule has 1 heterocycles. The van der Waals surface area contributed by atoms with Gasteiger partial charge in [-0.2, -0.15) is 8.42 Å². The van der Waals surface area contributed by atoms with E-state index in [0.29, 0.717) is 6.04 Å². The summed E-state index contributed by atoms with van der Waals surface area (Å²) >= 11 is 0. The molecule has 1 fully saturated rings. The topological polar surface area (TPSA) is 66.8 Å². The van der Waals surface area contributed by atoms with Gasteiger partial charge in [-0.1, -0.05) is 30.7 Å². The Kier molecular flexibility index (Phi) is 5.03. The Morgan fingerprint density at radius 2 is 1.95 bits per heavy atom. The lowest BCUT2D eigenvalue weighted by Crippen LogP contribution is -2.37. The second-order valence-corrected chi connectivity index (χ2v) is 6.43. The van der Waals surface area contributed by atoms with Gasteiger partial charge in [-0.3, -0.25) is 8.74 Å². The molecule has 1 aliphatic carbocycles. The fraction of sp³-hybridized carbons (Fsp3) is 0.467. The van der Waals surface area contributed by atoms with Gasteiger partial charge in [-0.15, -0.1) is 0 Å². The highest BCUT2D eigenvalue weighted by molar-refractivity contribution is 7.80. The van der Waals surface area contributed by atoms with E-state index in [-0.39, 0.29) is 0 Å². The van der Waals surface area contributed by atoms with Crippen LogP contribution >= 0.6 is 0 Å². The number of hydrogen-bond acceptors (Lipinski definition) is 4. The molecule has 1 N–H and O–H groups in total. The van der Waals surface area contributed by atoms with Crippen LogP contribution in [0.4, 0.5) is 5.69 Å². The zero-order valence-electron chi connectivity index (χ0n) is 12.3. The lowest BCUT2D eigenvalue weighted by Gasteiger charge is -2.39. The molecule has 1 aromatic carbocycles. The SMILES string of the molecule is CN1c2ccccc2C=C2CCCCC21.COS(=O)(=O)O. The van der Waals surface area contributed by atoms with E-state index in [1.165, 1.54) is 36.9 Å². The van der Waals surface area contributed by atoms with Crippen LogP contribution in [0.5, 0.6) is 0 Å². The normalized spacial score (nSPS) is 20.6. The van der Waals surface area contributed by atoms with E-state index in [2.05, 4.69) is 46.5 Å². The number of fused-ring (bicyclic) bond motifs is 2. The molecule has 21 heavy (non-hydrogen) atoms. The van der Waals surface area contributed by atoms with Gasteiger partial charge in [0.05, 0.1) is 13.2 Å². The van der Waals surface area contributed by atoms with Crippen molar-refractivity contribution in [3.8, 4) is 0 Å².